The van der Waals surface area contributed by atoms with E-state index in [1.807, 2.05) is 0 Å². The van der Waals surface area contributed by atoms with Gasteiger partial charge in [-0.05, 0) is 37.8 Å². The van der Waals surface area contributed by atoms with Gasteiger partial charge in [-0.25, -0.2) is 4.79 Å². The van der Waals surface area contributed by atoms with Crippen LogP contribution in [0.4, 0.5) is 5.69 Å². The van der Waals surface area contributed by atoms with E-state index in [1.54, 1.807) is 13.0 Å². The van der Waals surface area contributed by atoms with Crippen molar-refractivity contribution >= 4 is 29.0 Å². The molecule has 112 valence electrons. The first-order valence-electron chi connectivity index (χ1n) is 6.63. The molecule has 0 saturated carbocycles. The van der Waals surface area contributed by atoms with Crippen molar-refractivity contribution in [1.29, 1.82) is 0 Å². The molecule has 2 rings (SSSR count). The molecule has 0 bridgehead atoms. The number of aryl methyl sites for hydroxylation is 1. The number of nitrogens with zero attached hydrogens (tertiary/aromatic N) is 1. The van der Waals surface area contributed by atoms with Gasteiger partial charge in [-0.3, -0.25) is 14.9 Å². The predicted molar refractivity (Wildman–Crippen MR) is 75.4 cm³/mol. The third-order valence-electron chi connectivity index (χ3n) is 3.49. The van der Waals surface area contributed by atoms with Gasteiger partial charge in [-0.15, -0.1) is 0 Å². The van der Waals surface area contributed by atoms with Gasteiger partial charge >= 0.3 is 5.97 Å². The summed E-state index contributed by atoms with van der Waals surface area (Å²) in [6.45, 7) is 1.69. The summed E-state index contributed by atoms with van der Waals surface area (Å²) in [4.78, 5) is 34.5. The molecule has 1 aromatic carbocycles. The number of halogens is 1. The zero-order valence-corrected chi connectivity index (χ0v) is 12.2. The number of benzene rings is 1. The van der Waals surface area contributed by atoms with Crippen LogP contribution in [0.5, 0.6) is 0 Å². The minimum absolute atomic E-state index is 0.0901. The molecule has 1 aliphatic rings. The third kappa shape index (κ3) is 3.05. The molecular weight excluding hydrogens is 298 g/mol. The number of carbonyl (C=O) groups is 2. The second kappa shape index (κ2) is 6.22. The number of nitro benzene ring substituents is 1. The number of ketones is 1. The van der Waals surface area contributed by atoms with Crippen molar-refractivity contribution in [2.45, 2.75) is 32.1 Å². The molecule has 0 saturated heterocycles. The van der Waals surface area contributed by atoms with Crippen LogP contribution in [0.2, 0.25) is 5.02 Å². The lowest BCUT2D eigenvalue weighted by atomic mass is 9.79. The Labute approximate surface area is 126 Å². The van der Waals surface area contributed by atoms with Crippen LogP contribution in [-0.4, -0.2) is 23.3 Å². The highest BCUT2D eigenvalue weighted by molar-refractivity contribution is 6.36. The molecule has 0 amide bonds. The highest BCUT2D eigenvalue weighted by atomic mass is 35.5. The molecule has 0 aromatic heterocycles. The van der Waals surface area contributed by atoms with E-state index in [-0.39, 0.29) is 17.3 Å². The summed E-state index contributed by atoms with van der Waals surface area (Å²) in [5.74, 6) is -2.51. The third-order valence-corrected chi connectivity index (χ3v) is 3.70. The van der Waals surface area contributed by atoms with E-state index in [0.717, 1.165) is 0 Å². The van der Waals surface area contributed by atoms with Gasteiger partial charge in [-0.1, -0.05) is 11.6 Å². The summed E-state index contributed by atoms with van der Waals surface area (Å²) in [5.41, 5.74) is 0.747. The predicted octanol–water partition coefficient (Wildman–Crippen LogP) is 2.80. The zero-order chi connectivity index (χ0) is 15.6. The number of fused-ring (bicyclic) bond motifs is 1. The van der Waals surface area contributed by atoms with Crippen LogP contribution in [0.1, 0.15) is 36.8 Å². The van der Waals surface area contributed by atoms with E-state index >= 15 is 0 Å². The molecule has 0 aliphatic heterocycles. The molecule has 6 nitrogen and oxygen atoms in total. The van der Waals surface area contributed by atoms with Gasteiger partial charge < -0.3 is 4.74 Å². The fraction of sp³-hybridized carbons (Fsp3) is 0.429. The summed E-state index contributed by atoms with van der Waals surface area (Å²) in [6, 6.07) is 2.84. The Morgan fingerprint density at radius 1 is 1.48 bits per heavy atom. The second-order valence-electron chi connectivity index (χ2n) is 4.78. The van der Waals surface area contributed by atoms with Crippen LogP contribution < -0.4 is 0 Å². The maximum absolute atomic E-state index is 12.2. The first-order chi connectivity index (χ1) is 9.95. The van der Waals surface area contributed by atoms with Gasteiger partial charge in [-0.2, -0.15) is 0 Å². The van der Waals surface area contributed by atoms with Crippen LogP contribution in [0, 0.1) is 10.1 Å². The monoisotopic (exact) mass is 311 g/mol. The Hall–Kier alpha value is -1.95. The van der Waals surface area contributed by atoms with Crippen molar-refractivity contribution in [2.75, 3.05) is 6.61 Å². The number of hydrogen-bond acceptors (Lipinski definition) is 5. The average Bonchev–Trinajstić information content (AvgIpc) is 2.44. The molecule has 0 heterocycles. The Kier molecular flexibility index (Phi) is 4.57. The van der Waals surface area contributed by atoms with Gasteiger partial charge in [0, 0.05) is 16.7 Å². The number of carbonyl (C=O) groups excluding carboxylic acids is 2. The first-order valence-corrected chi connectivity index (χ1v) is 7.01. The minimum atomic E-state index is -0.945. The average molecular weight is 312 g/mol. The Balaban J connectivity index is 2.49. The van der Waals surface area contributed by atoms with E-state index in [9.17, 15) is 19.7 Å². The van der Waals surface area contributed by atoms with Crippen molar-refractivity contribution in [1.82, 2.24) is 0 Å². The normalized spacial score (nSPS) is 17.0. The summed E-state index contributed by atoms with van der Waals surface area (Å²) in [5, 5.41) is 11.5. The standard InChI is InChI=1S/C14H14ClNO5/c1-2-21-14(18)13(17)10-5-3-4-8-6-9(15)7-11(12(8)10)16(19)20/h6-7,10H,2-5H2,1H3. The zero-order valence-electron chi connectivity index (χ0n) is 11.4. The Morgan fingerprint density at radius 3 is 2.81 bits per heavy atom. The van der Waals surface area contributed by atoms with E-state index in [2.05, 4.69) is 0 Å². The minimum Gasteiger partial charge on any atom is -0.460 e. The van der Waals surface area contributed by atoms with Crippen LogP contribution >= 0.6 is 11.6 Å². The number of hydrogen-bond donors (Lipinski definition) is 0. The Morgan fingerprint density at radius 2 is 2.19 bits per heavy atom. The van der Waals surface area contributed by atoms with E-state index in [4.69, 9.17) is 16.3 Å². The summed E-state index contributed by atoms with van der Waals surface area (Å²) in [7, 11) is 0. The largest absolute Gasteiger partial charge is 0.460 e. The summed E-state index contributed by atoms with van der Waals surface area (Å²) < 4.78 is 4.71. The first kappa shape index (κ1) is 15.4. The summed E-state index contributed by atoms with van der Waals surface area (Å²) in [6.07, 6.45) is 1.66. The maximum atomic E-state index is 12.2. The van der Waals surface area contributed by atoms with Gasteiger partial charge in [0.25, 0.3) is 5.69 Å². The van der Waals surface area contributed by atoms with Crippen LogP contribution in [-0.2, 0) is 20.7 Å². The molecule has 0 fully saturated rings. The van der Waals surface area contributed by atoms with Gasteiger partial charge in [0.2, 0.25) is 5.78 Å². The van der Waals surface area contributed by atoms with Crippen molar-refractivity contribution in [3.63, 3.8) is 0 Å². The lowest BCUT2D eigenvalue weighted by molar-refractivity contribution is -0.385. The van der Waals surface area contributed by atoms with E-state index in [0.29, 0.717) is 30.4 Å². The van der Waals surface area contributed by atoms with Crippen molar-refractivity contribution in [3.8, 4) is 0 Å². The molecule has 1 aromatic rings. The van der Waals surface area contributed by atoms with E-state index in [1.165, 1.54) is 6.07 Å². The summed E-state index contributed by atoms with van der Waals surface area (Å²) >= 11 is 5.88. The SMILES string of the molecule is CCOC(=O)C(=O)C1CCCc2cc(Cl)cc([N+](=O)[O-])c21. The molecule has 21 heavy (non-hydrogen) atoms. The molecule has 0 spiro atoms. The maximum Gasteiger partial charge on any atom is 0.375 e. The fourth-order valence-electron chi connectivity index (χ4n) is 2.67. The van der Waals surface area contributed by atoms with Gasteiger partial charge in [0.1, 0.15) is 0 Å². The fourth-order valence-corrected chi connectivity index (χ4v) is 2.90. The smallest absolute Gasteiger partial charge is 0.375 e. The molecular formula is C14H14ClNO5. The molecule has 1 unspecified atom stereocenters. The Bertz CT molecular complexity index is 614. The van der Waals surface area contributed by atoms with Crippen molar-refractivity contribution < 1.29 is 19.2 Å². The van der Waals surface area contributed by atoms with Gasteiger partial charge in [0.05, 0.1) is 17.4 Å². The number of rotatable bonds is 4. The lowest BCUT2D eigenvalue weighted by Crippen LogP contribution is -2.28. The van der Waals surface area contributed by atoms with Crippen LogP contribution in [0.3, 0.4) is 0 Å². The second-order valence-corrected chi connectivity index (χ2v) is 5.22. The number of Topliss-reactive ketones (excluding diaryl/α,β-unsaturated/α-hetero) is 1. The highest BCUT2D eigenvalue weighted by Gasteiger charge is 2.37. The number of ether oxygens (including phenoxy) is 1. The topological polar surface area (TPSA) is 86.5 Å². The number of esters is 1. The lowest BCUT2D eigenvalue weighted by Gasteiger charge is -2.23. The number of nitro groups is 1. The molecule has 0 radical (unpaired) electrons. The van der Waals surface area contributed by atoms with E-state index < -0.39 is 22.6 Å². The van der Waals surface area contributed by atoms with Crippen molar-refractivity contribution in [2.24, 2.45) is 0 Å². The molecule has 1 atom stereocenters. The molecule has 7 heteroatoms. The van der Waals surface area contributed by atoms with Crippen LogP contribution in [0.15, 0.2) is 12.1 Å². The molecule has 0 N–H and O–H groups in total. The van der Waals surface area contributed by atoms with Crippen molar-refractivity contribution in [3.05, 3.63) is 38.4 Å². The quantitative estimate of drug-likeness (QED) is 0.369. The van der Waals surface area contributed by atoms with Gasteiger partial charge in [0.15, 0.2) is 0 Å². The molecule has 1 aliphatic carbocycles. The van der Waals surface area contributed by atoms with Crippen LogP contribution in [0.25, 0.3) is 0 Å². The highest BCUT2D eigenvalue weighted by Crippen LogP contribution is 2.40.